The third-order valence-electron chi connectivity index (χ3n) is 4.93. The van der Waals surface area contributed by atoms with E-state index in [4.69, 9.17) is 16.3 Å². The van der Waals surface area contributed by atoms with Crippen LogP contribution in [0.15, 0.2) is 57.2 Å². The van der Waals surface area contributed by atoms with Gasteiger partial charge in [-0.3, -0.25) is 4.79 Å². The van der Waals surface area contributed by atoms with Crippen LogP contribution in [0.3, 0.4) is 0 Å². The Morgan fingerprint density at radius 3 is 2.76 bits per heavy atom. The minimum atomic E-state index is -0.209. The Bertz CT molecular complexity index is 998. The summed E-state index contributed by atoms with van der Waals surface area (Å²) in [4.78, 5) is 15.3. The normalized spacial score (nSPS) is 13.9. The van der Waals surface area contributed by atoms with E-state index in [1.54, 1.807) is 36.7 Å². The van der Waals surface area contributed by atoms with E-state index in [9.17, 15) is 4.79 Å². The van der Waals surface area contributed by atoms with E-state index in [-0.39, 0.29) is 5.91 Å². The Morgan fingerprint density at radius 1 is 1.28 bits per heavy atom. The molecule has 1 aliphatic heterocycles. The van der Waals surface area contributed by atoms with Gasteiger partial charge in [0.25, 0.3) is 5.91 Å². The van der Waals surface area contributed by atoms with Crippen LogP contribution in [-0.4, -0.2) is 19.3 Å². The summed E-state index contributed by atoms with van der Waals surface area (Å²) in [5.41, 5.74) is 4.78. The SMILES string of the molecule is CCC1=C(C)SC=C(c2cc(NC(=O)c3ccc(SC)cc3OC)ccc2Cl)C1. The molecule has 2 aromatic carbocycles. The van der Waals surface area contributed by atoms with Crippen LogP contribution in [0.5, 0.6) is 5.75 Å². The maximum absolute atomic E-state index is 12.9. The summed E-state index contributed by atoms with van der Waals surface area (Å²) >= 11 is 9.84. The number of carbonyl (C=O) groups is 1. The van der Waals surface area contributed by atoms with Gasteiger partial charge in [0.2, 0.25) is 0 Å². The second-order valence-electron chi connectivity index (χ2n) is 6.67. The highest BCUT2D eigenvalue weighted by Gasteiger charge is 2.17. The summed E-state index contributed by atoms with van der Waals surface area (Å²) in [5.74, 6) is 0.350. The van der Waals surface area contributed by atoms with E-state index in [2.05, 4.69) is 24.6 Å². The van der Waals surface area contributed by atoms with Crippen LogP contribution in [0, 0.1) is 0 Å². The van der Waals surface area contributed by atoms with Crippen molar-refractivity contribution in [1.82, 2.24) is 0 Å². The second kappa shape index (κ2) is 9.79. The highest BCUT2D eigenvalue weighted by molar-refractivity contribution is 8.06. The zero-order valence-electron chi connectivity index (χ0n) is 17.0. The number of allylic oxidation sites excluding steroid dienone is 3. The van der Waals surface area contributed by atoms with Gasteiger partial charge >= 0.3 is 0 Å². The molecule has 0 radical (unpaired) electrons. The first kappa shape index (κ1) is 21.9. The molecule has 1 aliphatic rings. The maximum Gasteiger partial charge on any atom is 0.259 e. The van der Waals surface area contributed by atoms with E-state index in [1.807, 2.05) is 36.6 Å². The van der Waals surface area contributed by atoms with E-state index >= 15 is 0 Å². The van der Waals surface area contributed by atoms with Crippen molar-refractivity contribution in [2.75, 3.05) is 18.7 Å². The van der Waals surface area contributed by atoms with Crippen molar-refractivity contribution in [1.29, 1.82) is 0 Å². The summed E-state index contributed by atoms with van der Waals surface area (Å²) in [6.45, 7) is 4.33. The third kappa shape index (κ3) is 5.03. The summed E-state index contributed by atoms with van der Waals surface area (Å²) in [5, 5.41) is 5.83. The van der Waals surface area contributed by atoms with Gasteiger partial charge in [-0.25, -0.2) is 0 Å². The third-order valence-corrected chi connectivity index (χ3v) is 7.03. The molecule has 29 heavy (non-hydrogen) atoms. The van der Waals surface area contributed by atoms with E-state index in [0.717, 1.165) is 23.3 Å². The number of anilines is 1. The number of rotatable bonds is 6. The average molecular weight is 446 g/mol. The largest absolute Gasteiger partial charge is 0.496 e. The Labute approximate surface area is 185 Å². The van der Waals surface area contributed by atoms with Gasteiger partial charge in [-0.05, 0) is 83.9 Å². The molecule has 1 heterocycles. The van der Waals surface area contributed by atoms with Crippen LogP contribution in [0.1, 0.15) is 42.6 Å². The summed E-state index contributed by atoms with van der Waals surface area (Å²) in [6, 6.07) is 11.2. The molecule has 3 nitrogen and oxygen atoms in total. The minimum absolute atomic E-state index is 0.209. The van der Waals surface area contributed by atoms with Gasteiger partial charge in [-0.15, -0.1) is 23.5 Å². The molecule has 0 spiro atoms. The predicted molar refractivity (Wildman–Crippen MR) is 127 cm³/mol. The van der Waals surface area contributed by atoms with Crippen molar-refractivity contribution in [3.63, 3.8) is 0 Å². The number of methoxy groups -OCH3 is 1. The number of hydrogen-bond acceptors (Lipinski definition) is 4. The molecule has 0 saturated carbocycles. The van der Waals surface area contributed by atoms with Crippen molar-refractivity contribution in [3.05, 3.63) is 68.4 Å². The first-order valence-corrected chi connectivity index (χ1v) is 11.8. The van der Waals surface area contributed by atoms with Crippen molar-refractivity contribution in [2.24, 2.45) is 0 Å². The number of benzene rings is 2. The number of carbonyl (C=O) groups excluding carboxylic acids is 1. The molecule has 0 atom stereocenters. The molecular weight excluding hydrogens is 422 g/mol. The maximum atomic E-state index is 12.9. The van der Waals surface area contributed by atoms with Crippen LogP contribution < -0.4 is 10.1 Å². The van der Waals surface area contributed by atoms with Gasteiger partial charge in [-0.1, -0.05) is 24.1 Å². The van der Waals surface area contributed by atoms with Crippen molar-refractivity contribution in [2.45, 2.75) is 31.6 Å². The number of ether oxygens (including phenoxy) is 1. The van der Waals surface area contributed by atoms with Crippen molar-refractivity contribution in [3.8, 4) is 5.75 Å². The topological polar surface area (TPSA) is 38.3 Å². The standard InChI is InChI=1S/C23H24ClNO2S2/c1-5-15-10-16(13-29-14(15)2)20-11-17(6-9-21(20)24)25-23(26)19-8-7-18(28-4)12-22(19)27-3/h6-9,11-13H,5,10H2,1-4H3,(H,25,26). The van der Waals surface area contributed by atoms with Crippen LogP contribution >= 0.6 is 35.1 Å². The first-order valence-electron chi connectivity index (χ1n) is 9.34. The fraction of sp³-hybridized carbons (Fsp3) is 0.261. The molecule has 0 bridgehead atoms. The Kier molecular flexibility index (Phi) is 7.38. The number of thioether (sulfide) groups is 2. The molecule has 0 saturated heterocycles. The van der Waals surface area contributed by atoms with Gasteiger partial charge in [0.1, 0.15) is 5.75 Å². The average Bonchev–Trinajstić information content (AvgIpc) is 2.74. The zero-order chi connectivity index (χ0) is 21.0. The molecule has 0 fully saturated rings. The number of amides is 1. The number of nitrogens with one attached hydrogen (secondary N) is 1. The Morgan fingerprint density at radius 2 is 2.07 bits per heavy atom. The highest BCUT2D eigenvalue weighted by Crippen LogP contribution is 2.40. The molecular formula is C23H24ClNO2S2. The first-order chi connectivity index (χ1) is 14.0. The fourth-order valence-corrected chi connectivity index (χ4v) is 4.79. The molecule has 1 N–H and O–H groups in total. The van der Waals surface area contributed by atoms with Crippen LogP contribution in [0.2, 0.25) is 5.02 Å². The lowest BCUT2D eigenvalue weighted by Crippen LogP contribution is -2.13. The van der Waals surface area contributed by atoms with Crippen molar-refractivity contribution >= 4 is 52.3 Å². The molecule has 2 aromatic rings. The Hall–Kier alpha value is -1.82. The molecule has 0 aromatic heterocycles. The smallest absolute Gasteiger partial charge is 0.259 e. The minimum Gasteiger partial charge on any atom is -0.496 e. The monoisotopic (exact) mass is 445 g/mol. The van der Waals surface area contributed by atoms with Gasteiger partial charge in [0.15, 0.2) is 0 Å². The van der Waals surface area contributed by atoms with Gasteiger partial charge < -0.3 is 10.1 Å². The zero-order valence-corrected chi connectivity index (χ0v) is 19.4. The molecule has 0 aliphatic carbocycles. The lowest BCUT2D eigenvalue weighted by Gasteiger charge is -2.19. The summed E-state index contributed by atoms with van der Waals surface area (Å²) < 4.78 is 5.41. The summed E-state index contributed by atoms with van der Waals surface area (Å²) in [6.07, 6.45) is 3.90. The molecule has 152 valence electrons. The van der Waals surface area contributed by atoms with Gasteiger partial charge in [-0.2, -0.15) is 0 Å². The molecule has 1 amide bonds. The van der Waals surface area contributed by atoms with Crippen LogP contribution in [0.4, 0.5) is 5.69 Å². The molecule has 0 unspecified atom stereocenters. The van der Waals surface area contributed by atoms with Gasteiger partial charge in [0.05, 0.1) is 12.7 Å². The predicted octanol–water partition coefficient (Wildman–Crippen LogP) is 7.48. The fourth-order valence-electron chi connectivity index (χ4n) is 3.21. The van der Waals surface area contributed by atoms with Crippen LogP contribution in [0.25, 0.3) is 5.57 Å². The Balaban J connectivity index is 1.85. The highest BCUT2D eigenvalue weighted by atomic mass is 35.5. The lowest BCUT2D eigenvalue weighted by molar-refractivity contribution is 0.102. The van der Waals surface area contributed by atoms with Crippen LogP contribution in [-0.2, 0) is 0 Å². The quantitative estimate of drug-likeness (QED) is 0.467. The van der Waals surface area contributed by atoms with Crippen molar-refractivity contribution < 1.29 is 9.53 Å². The van der Waals surface area contributed by atoms with E-state index in [1.165, 1.54) is 16.1 Å². The second-order valence-corrected chi connectivity index (χ2v) is 9.04. The number of hydrogen-bond donors (Lipinski definition) is 1. The summed E-state index contributed by atoms with van der Waals surface area (Å²) in [7, 11) is 1.57. The number of halogens is 1. The molecule has 3 rings (SSSR count). The van der Waals surface area contributed by atoms with Gasteiger partial charge in [0, 0.05) is 15.6 Å². The lowest BCUT2D eigenvalue weighted by atomic mass is 9.97. The molecule has 6 heteroatoms. The van der Waals surface area contributed by atoms with E-state index in [0.29, 0.717) is 22.0 Å². The van der Waals surface area contributed by atoms with E-state index < -0.39 is 0 Å².